The molecule has 0 aliphatic heterocycles. The smallest absolute Gasteiger partial charge is 0.266 e. The normalized spacial score (nSPS) is 11.6. The van der Waals surface area contributed by atoms with Crippen molar-refractivity contribution in [3.05, 3.63) is 69.1 Å². The Morgan fingerprint density at radius 1 is 1.27 bits per heavy atom. The molecular formula is C15H10F3N3O. The van der Waals surface area contributed by atoms with Gasteiger partial charge >= 0.3 is 6.18 Å². The van der Waals surface area contributed by atoms with E-state index < -0.39 is 17.4 Å². The molecule has 0 aliphatic carbocycles. The van der Waals surface area contributed by atoms with Crippen LogP contribution in [0.1, 0.15) is 22.4 Å². The number of rotatable bonds is 2. The molecule has 2 rings (SSSR count). The average Bonchev–Trinajstić information content (AvgIpc) is 2.46. The molecule has 0 N–H and O–H groups in total. The van der Waals surface area contributed by atoms with Crippen LogP contribution in [0.3, 0.4) is 0 Å². The number of nitrogens with zero attached hydrogens (tertiary/aromatic N) is 3. The van der Waals surface area contributed by atoms with Crippen LogP contribution >= 0.6 is 0 Å². The van der Waals surface area contributed by atoms with Crippen molar-refractivity contribution in [1.82, 2.24) is 4.68 Å². The van der Waals surface area contributed by atoms with Gasteiger partial charge in [-0.15, -0.1) is 0 Å². The standard InChI is InChI=1S/C15H10F3N3O/c1-10-7-13(15(16,17)18)21(14(22)12(10)8-19)20-9-11-5-3-2-4-6-11/h2-7,9H,1H3/b20-9+. The summed E-state index contributed by atoms with van der Waals surface area (Å²) in [6.07, 6.45) is -3.63. The number of pyridine rings is 1. The van der Waals surface area contributed by atoms with Gasteiger partial charge in [0.2, 0.25) is 0 Å². The first kappa shape index (κ1) is 15.5. The van der Waals surface area contributed by atoms with Crippen LogP contribution in [0, 0.1) is 18.3 Å². The fraction of sp³-hybridized carbons (Fsp3) is 0.133. The highest BCUT2D eigenvalue weighted by atomic mass is 19.4. The Kier molecular flexibility index (Phi) is 4.13. The number of benzene rings is 1. The number of nitriles is 1. The minimum Gasteiger partial charge on any atom is -0.266 e. The zero-order valence-electron chi connectivity index (χ0n) is 11.4. The number of alkyl halides is 3. The summed E-state index contributed by atoms with van der Waals surface area (Å²) in [5, 5.41) is 12.5. The maximum atomic E-state index is 13.1. The van der Waals surface area contributed by atoms with E-state index in [1.807, 2.05) is 0 Å². The van der Waals surface area contributed by atoms with Crippen molar-refractivity contribution in [3.63, 3.8) is 0 Å². The molecule has 0 atom stereocenters. The lowest BCUT2D eigenvalue weighted by Gasteiger charge is -2.12. The third-order valence-corrected chi connectivity index (χ3v) is 2.91. The van der Waals surface area contributed by atoms with Crippen LogP contribution in [0.2, 0.25) is 0 Å². The van der Waals surface area contributed by atoms with Crippen molar-refractivity contribution < 1.29 is 13.2 Å². The number of hydrogen-bond acceptors (Lipinski definition) is 3. The summed E-state index contributed by atoms with van der Waals surface area (Å²) in [5.74, 6) is 0. The molecule has 0 unspecified atom stereocenters. The lowest BCUT2D eigenvalue weighted by molar-refractivity contribution is -0.143. The highest BCUT2D eigenvalue weighted by molar-refractivity contribution is 5.79. The third-order valence-electron chi connectivity index (χ3n) is 2.91. The predicted octanol–water partition coefficient (Wildman–Crippen LogP) is 2.93. The van der Waals surface area contributed by atoms with Gasteiger partial charge < -0.3 is 0 Å². The van der Waals surface area contributed by atoms with Crippen LogP contribution < -0.4 is 5.56 Å². The number of hydrogen-bond donors (Lipinski definition) is 0. The van der Waals surface area contributed by atoms with Gasteiger partial charge in [-0.05, 0) is 24.1 Å². The molecular weight excluding hydrogens is 295 g/mol. The molecule has 1 aromatic heterocycles. The zero-order valence-corrected chi connectivity index (χ0v) is 11.4. The van der Waals surface area contributed by atoms with E-state index >= 15 is 0 Å². The first-order valence-electron chi connectivity index (χ1n) is 6.18. The Bertz CT molecular complexity index is 815. The second kappa shape index (κ2) is 5.85. The Morgan fingerprint density at radius 2 is 1.91 bits per heavy atom. The van der Waals surface area contributed by atoms with Crippen molar-refractivity contribution in [2.24, 2.45) is 5.10 Å². The van der Waals surface area contributed by atoms with Gasteiger partial charge in [-0.25, -0.2) is 0 Å². The molecule has 0 radical (unpaired) electrons. The quantitative estimate of drug-likeness (QED) is 0.801. The van der Waals surface area contributed by atoms with E-state index in [9.17, 15) is 18.0 Å². The highest BCUT2D eigenvalue weighted by Crippen LogP contribution is 2.29. The summed E-state index contributed by atoms with van der Waals surface area (Å²) < 4.78 is 39.4. The van der Waals surface area contributed by atoms with Gasteiger partial charge in [-0.1, -0.05) is 30.3 Å². The Balaban J connectivity index is 2.66. The van der Waals surface area contributed by atoms with Crippen molar-refractivity contribution in [3.8, 4) is 6.07 Å². The van der Waals surface area contributed by atoms with Crippen molar-refractivity contribution in [2.75, 3.05) is 0 Å². The first-order valence-corrected chi connectivity index (χ1v) is 6.18. The molecule has 4 nitrogen and oxygen atoms in total. The van der Waals surface area contributed by atoms with Gasteiger partial charge in [0, 0.05) is 0 Å². The van der Waals surface area contributed by atoms with Crippen molar-refractivity contribution in [1.29, 1.82) is 5.26 Å². The average molecular weight is 305 g/mol. The summed E-state index contributed by atoms with van der Waals surface area (Å²) in [6, 6.07) is 10.7. The molecule has 1 aromatic carbocycles. The molecule has 22 heavy (non-hydrogen) atoms. The molecule has 1 heterocycles. The van der Waals surface area contributed by atoms with Crippen LogP contribution in [0.4, 0.5) is 13.2 Å². The van der Waals surface area contributed by atoms with E-state index in [0.29, 0.717) is 5.56 Å². The summed E-state index contributed by atoms with van der Waals surface area (Å²) in [7, 11) is 0. The van der Waals surface area contributed by atoms with Gasteiger partial charge in [-0.3, -0.25) is 4.79 Å². The minimum atomic E-state index is -4.76. The lowest BCUT2D eigenvalue weighted by Crippen LogP contribution is -2.28. The van der Waals surface area contributed by atoms with Crippen LogP contribution in [-0.4, -0.2) is 10.9 Å². The highest BCUT2D eigenvalue weighted by Gasteiger charge is 2.36. The fourth-order valence-electron chi connectivity index (χ4n) is 1.84. The maximum absolute atomic E-state index is 13.1. The van der Waals surface area contributed by atoms with Crippen molar-refractivity contribution >= 4 is 6.21 Å². The Labute approximate surface area is 123 Å². The summed E-state index contributed by atoms with van der Waals surface area (Å²) in [5.41, 5.74) is -2.19. The zero-order chi connectivity index (χ0) is 16.3. The van der Waals surface area contributed by atoms with E-state index in [1.54, 1.807) is 36.4 Å². The van der Waals surface area contributed by atoms with E-state index in [0.717, 1.165) is 12.3 Å². The molecule has 0 aliphatic rings. The SMILES string of the molecule is Cc1cc(C(F)(F)F)n(/N=C/c2ccccc2)c(=O)c1C#N. The van der Waals surface area contributed by atoms with Gasteiger partial charge in [0.05, 0.1) is 6.21 Å². The van der Waals surface area contributed by atoms with E-state index in [2.05, 4.69) is 5.10 Å². The molecule has 0 spiro atoms. The predicted molar refractivity (Wildman–Crippen MR) is 74.6 cm³/mol. The van der Waals surface area contributed by atoms with E-state index in [4.69, 9.17) is 5.26 Å². The van der Waals surface area contributed by atoms with Crippen LogP contribution in [-0.2, 0) is 6.18 Å². The van der Waals surface area contributed by atoms with Crippen LogP contribution in [0.15, 0.2) is 46.3 Å². The molecule has 7 heteroatoms. The van der Waals surface area contributed by atoms with Gasteiger partial charge in [0.15, 0.2) is 0 Å². The Morgan fingerprint density at radius 3 is 2.45 bits per heavy atom. The fourth-order valence-corrected chi connectivity index (χ4v) is 1.84. The molecule has 0 fully saturated rings. The minimum absolute atomic E-state index is 0.0361. The molecule has 0 bridgehead atoms. The lowest BCUT2D eigenvalue weighted by atomic mass is 10.1. The summed E-state index contributed by atoms with van der Waals surface area (Å²) in [6.45, 7) is 1.28. The number of aromatic nitrogens is 1. The van der Waals surface area contributed by atoms with E-state index in [1.165, 1.54) is 6.92 Å². The van der Waals surface area contributed by atoms with Crippen LogP contribution in [0.5, 0.6) is 0 Å². The molecule has 112 valence electrons. The molecule has 0 amide bonds. The molecule has 0 saturated carbocycles. The maximum Gasteiger partial charge on any atom is 0.433 e. The summed E-state index contributed by atoms with van der Waals surface area (Å²) >= 11 is 0. The number of halogens is 3. The second-order valence-corrected chi connectivity index (χ2v) is 4.47. The largest absolute Gasteiger partial charge is 0.433 e. The second-order valence-electron chi connectivity index (χ2n) is 4.47. The number of aryl methyl sites for hydroxylation is 1. The van der Waals surface area contributed by atoms with Crippen molar-refractivity contribution in [2.45, 2.75) is 13.1 Å². The molecule has 0 saturated heterocycles. The van der Waals surface area contributed by atoms with E-state index in [-0.39, 0.29) is 15.8 Å². The van der Waals surface area contributed by atoms with Gasteiger partial charge in [0.1, 0.15) is 17.3 Å². The first-order chi connectivity index (χ1) is 10.3. The van der Waals surface area contributed by atoms with Gasteiger partial charge in [0.25, 0.3) is 5.56 Å². The Hall–Kier alpha value is -2.88. The third kappa shape index (κ3) is 3.06. The molecule has 2 aromatic rings. The topological polar surface area (TPSA) is 58.1 Å². The summed E-state index contributed by atoms with van der Waals surface area (Å²) in [4.78, 5) is 12.0. The monoisotopic (exact) mass is 305 g/mol. The van der Waals surface area contributed by atoms with Gasteiger partial charge in [-0.2, -0.15) is 28.2 Å². The van der Waals surface area contributed by atoms with Crippen LogP contribution in [0.25, 0.3) is 0 Å².